The quantitative estimate of drug-likeness (QED) is 0.188. The van der Waals surface area contributed by atoms with Gasteiger partial charge in [0, 0.05) is 16.7 Å². The summed E-state index contributed by atoms with van der Waals surface area (Å²) < 4.78 is 13.1. The van der Waals surface area contributed by atoms with Crippen LogP contribution in [-0.2, 0) is 11.2 Å². The lowest BCUT2D eigenvalue weighted by Gasteiger charge is -2.26. The Kier molecular flexibility index (Phi) is 7.57. The topological polar surface area (TPSA) is 23.1 Å². The van der Waals surface area contributed by atoms with Gasteiger partial charge in [0.05, 0.1) is 5.02 Å². The van der Waals surface area contributed by atoms with Crippen LogP contribution in [0.3, 0.4) is 0 Å². The molecule has 0 aliphatic rings. The molecule has 6 aromatic carbocycles. The van der Waals surface area contributed by atoms with Crippen molar-refractivity contribution in [2.75, 3.05) is 6.26 Å². The van der Waals surface area contributed by atoms with Crippen LogP contribution >= 0.6 is 11.6 Å². The Morgan fingerprint density at radius 3 is 1.18 bits per heavy atom. The Balaban J connectivity index is 1.91. The number of hydrogen-bond acceptors (Lipinski definition) is 1. The molecule has 40 heavy (non-hydrogen) atoms. The summed E-state index contributed by atoms with van der Waals surface area (Å²) in [7, 11) is 0. The van der Waals surface area contributed by atoms with Crippen LogP contribution in [0, 0.1) is 0 Å². The lowest BCUT2D eigenvalue weighted by molar-refractivity contribution is 0.601. The van der Waals surface area contributed by atoms with Crippen LogP contribution < -0.4 is 0 Å². The molecule has 0 N–H and O–H groups in total. The van der Waals surface area contributed by atoms with Crippen molar-refractivity contribution in [3.05, 3.63) is 151 Å². The maximum atomic E-state index is 13.1. The van der Waals surface area contributed by atoms with Gasteiger partial charge in [0.25, 0.3) is 0 Å². The van der Waals surface area contributed by atoms with Crippen LogP contribution in [0.5, 0.6) is 0 Å². The number of benzene rings is 6. The summed E-state index contributed by atoms with van der Waals surface area (Å²) in [6.45, 7) is 0. The Labute approximate surface area is 243 Å². The van der Waals surface area contributed by atoms with E-state index < -0.39 is 11.2 Å². The first kappa shape index (κ1) is 26.2. The molecular weight excluding hydrogens is 528 g/mol. The van der Waals surface area contributed by atoms with Crippen LogP contribution in [0.1, 0.15) is 0 Å². The molecule has 0 aromatic heterocycles. The van der Waals surface area contributed by atoms with E-state index in [1.54, 1.807) is 6.26 Å². The predicted octanol–water partition coefficient (Wildman–Crippen LogP) is 10.4. The van der Waals surface area contributed by atoms with E-state index in [9.17, 15) is 4.55 Å². The van der Waals surface area contributed by atoms with Crippen molar-refractivity contribution in [3.8, 4) is 55.6 Å². The highest BCUT2D eigenvalue weighted by atomic mass is 35.5. The Hall–Kier alpha value is -4.08. The molecule has 0 radical (unpaired) electrons. The zero-order chi connectivity index (χ0) is 27.5. The summed E-state index contributed by atoms with van der Waals surface area (Å²) in [5, 5.41) is 0.640. The SMILES string of the molecule is C[S+]([O-])c1ccccc1-c1c(Cl)c(-c2ccccc2)c(-c2ccccc2)c(-c2ccccc2)c1-c1ccccc1. The molecule has 6 rings (SSSR count). The first-order valence-corrected chi connectivity index (χ1v) is 15.1. The monoisotopic (exact) mass is 554 g/mol. The third-order valence-corrected chi connectivity index (χ3v) is 8.51. The minimum atomic E-state index is -1.22. The van der Waals surface area contributed by atoms with Crippen LogP contribution in [0.4, 0.5) is 0 Å². The van der Waals surface area contributed by atoms with Gasteiger partial charge in [0.2, 0.25) is 0 Å². The second-order valence-electron chi connectivity index (χ2n) is 9.60. The summed E-state index contributed by atoms with van der Waals surface area (Å²) in [6.07, 6.45) is 1.73. The first-order chi connectivity index (χ1) is 19.6. The minimum Gasteiger partial charge on any atom is -0.612 e. The molecule has 6 aromatic rings. The Bertz CT molecular complexity index is 1750. The molecule has 0 saturated heterocycles. The second kappa shape index (κ2) is 11.6. The molecule has 1 atom stereocenters. The lowest BCUT2D eigenvalue weighted by atomic mass is 9.78. The highest BCUT2D eigenvalue weighted by Crippen LogP contribution is 2.55. The molecule has 0 heterocycles. The van der Waals surface area contributed by atoms with Gasteiger partial charge in [0.15, 0.2) is 4.90 Å². The van der Waals surface area contributed by atoms with E-state index in [0.29, 0.717) is 5.02 Å². The van der Waals surface area contributed by atoms with E-state index in [1.807, 2.05) is 60.7 Å². The van der Waals surface area contributed by atoms with Crippen LogP contribution in [0.25, 0.3) is 55.6 Å². The van der Waals surface area contributed by atoms with Gasteiger partial charge in [-0.25, -0.2) is 0 Å². The average molecular weight is 555 g/mol. The zero-order valence-corrected chi connectivity index (χ0v) is 23.6. The number of hydrogen-bond donors (Lipinski definition) is 0. The van der Waals surface area contributed by atoms with E-state index in [-0.39, 0.29) is 0 Å². The van der Waals surface area contributed by atoms with Crippen LogP contribution in [0.15, 0.2) is 150 Å². The summed E-state index contributed by atoms with van der Waals surface area (Å²) >= 11 is 6.41. The number of rotatable bonds is 6. The summed E-state index contributed by atoms with van der Waals surface area (Å²) in [5.41, 5.74) is 10.1. The highest BCUT2D eigenvalue weighted by molar-refractivity contribution is 7.90. The molecule has 0 spiro atoms. The third kappa shape index (κ3) is 4.87. The lowest BCUT2D eigenvalue weighted by Crippen LogP contribution is -2.04. The number of halogens is 1. The fourth-order valence-corrected chi connectivity index (χ4v) is 6.60. The van der Waals surface area contributed by atoms with Crippen molar-refractivity contribution in [2.24, 2.45) is 0 Å². The van der Waals surface area contributed by atoms with Crippen LogP contribution in [0.2, 0.25) is 5.02 Å². The maximum absolute atomic E-state index is 13.1. The van der Waals surface area contributed by atoms with E-state index in [4.69, 9.17) is 11.6 Å². The van der Waals surface area contributed by atoms with E-state index in [0.717, 1.165) is 60.5 Å². The average Bonchev–Trinajstić information content (AvgIpc) is 3.02. The Morgan fingerprint density at radius 2 is 0.750 bits per heavy atom. The van der Waals surface area contributed by atoms with Crippen LogP contribution in [-0.4, -0.2) is 10.8 Å². The van der Waals surface area contributed by atoms with Gasteiger partial charge in [-0.3, -0.25) is 0 Å². The standard InChI is InChI=1S/C37H27ClOS/c1-40(39)31-25-15-14-24-30(31)36-34(28-20-10-4-11-21-28)32(26-16-6-2-7-17-26)33(27-18-8-3-9-19-27)35(37(36)38)29-22-12-5-13-23-29/h2-25H,1H3. The predicted molar refractivity (Wildman–Crippen MR) is 171 cm³/mol. The molecule has 1 nitrogen and oxygen atoms in total. The van der Waals surface area contributed by atoms with E-state index in [2.05, 4.69) is 84.9 Å². The molecule has 0 bridgehead atoms. The van der Waals surface area contributed by atoms with Gasteiger partial charge in [-0.05, 0) is 62.3 Å². The van der Waals surface area contributed by atoms with Gasteiger partial charge < -0.3 is 4.55 Å². The molecule has 0 aliphatic carbocycles. The fraction of sp³-hybridized carbons (Fsp3) is 0.0270. The van der Waals surface area contributed by atoms with Gasteiger partial charge in [-0.15, -0.1) is 0 Å². The van der Waals surface area contributed by atoms with Crippen molar-refractivity contribution in [3.63, 3.8) is 0 Å². The molecular formula is C37H27ClOS. The fourth-order valence-electron chi connectivity index (χ4n) is 5.45. The molecule has 1 unspecified atom stereocenters. The maximum Gasteiger partial charge on any atom is 0.160 e. The summed E-state index contributed by atoms with van der Waals surface area (Å²) in [6, 6.07) is 49.6. The molecule has 0 fully saturated rings. The van der Waals surface area contributed by atoms with E-state index in [1.165, 1.54) is 0 Å². The van der Waals surface area contributed by atoms with Gasteiger partial charge >= 0.3 is 0 Å². The summed E-state index contributed by atoms with van der Waals surface area (Å²) in [5.74, 6) is 0. The van der Waals surface area contributed by atoms with Gasteiger partial charge in [-0.1, -0.05) is 145 Å². The largest absolute Gasteiger partial charge is 0.612 e. The first-order valence-electron chi connectivity index (χ1n) is 13.2. The highest BCUT2D eigenvalue weighted by Gasteiger charge is 2.29. The molecule has 0 aliphatic heterocycles. The molecule has 3 heteroatoms. The Morgan fingerprint density at radius 1 is 0.425 bits per heavy atom. The van der Waals surface area contributed by atoms with Crippen molar-refractivity contribution in [1.82, 2.24) is 0 Å². The third-order valence-electron chi connectivity index (χ3n) is 7.15. The van der Waals surface area contributed by atoms with Crippen molar-refractivity contribution < 1.29 is 4.55 Å². The molecule has 0 amide bonds. The van der Waals surface area contributed by atoms with Crippen molar-refractivity contribution >= 4 is 22.8 Å². The minimum absolute atomic E-state index is 0.640. The van der Waals surface area contributed by atoms with Gasteiger partial charge in [0.1, 0.15) is 6.26 Å². The zero-order valence-electron chi connectivity index (χ0n) is 22.1. The van der Waals surface area contributed by atoms with Crippen molar-refractivity contribution in [2.45, 2.75) is 4.90 Å². The normalized spacial score (nSPS) is 11.8. The molecule has 0 saturated carbocycles. The molecule has 194 valence electrons. The van der Waals surface area contributed by atoms with Crippen molar-refractivity contribution in [1.29, 1.82) is 0 Å². The smallest absolute Gasteiger partial charge is 0.160 e. The van der Waals surface area contributed by atoms with Gasteiger partial charge in [-0.2, -0.15) is 0 Å². The second-order valence-corrected chi connectivity index (χ2v) is 11.3. The summed E-state index contributed by atoms with van der Waals surface area (Å²) in [4.78, 5) is 0.757. The van der Waals surface area contributed by atoms with E-state index >= 15 is 0 Å².